The Morgan fingerprint density at radius 3 is 2.32 bits per heavy atom. The molecule has 178 valence electrons. The van der Waals surface area contributed by atoms with Crippen LogP contribution in [0.15, 0.2) is 77.7 Å². The smallest absolute Gasteiger partial charge is 0.293 e. The van der Waals surface area contributed by atoms with Gasteiger partial charge in [0.1, 0.15) is 18.0 Å². The first-order chi connectivity index (χ1) is 16.2. The maximum atomic E-state index is 12.1. The van der Waals surface area contributed by atoms with E-state index < -0.39 is 20.6 Å². The van der Waals surface area contributed by atoms with Gasteiger partial charge in [-0.2, -0.15) is 0 Å². The number of carbonyl (C=O) groups is 1. The van der Waals surface area contributed by atoms with Crippen LogP contribution >= 0.6 is 0 Å². The number of benzene rings is 3. The van der Waals surface area contributed by atoms with Crippen LogP contribution in [-0.4, -0.2) is 25.8 Å². The minimum absolute atomic E-state index is 0.0666. The molecule has 0 bridgehead atoms. The van der Waals surface area contributed by atoms with Crippen molar-refractivity contribution in [2.45, 2.75) is 24.5 Å². The van der Waals surface area contributed by atoms with Gasteiger partial charge in [-0.15, -0.1) is 0 Å². The quantitative estimate of drug-likeness (QED) is 0.279. The number of para-hydroxylation sites is 1. The molecule has 0 unspecified atom stereocenters. The number of nitro groups is 1. The predicted molar refractivity (Wildman–Crippen MR) is 127 cm³/mol. The van der Waals surface area contributed by atoms with Crippen LogP contribution in [-0.2, 0) is 28.0 Å². The van der Waals surface area contributed by atoms with E-state index >= 15 is 0 Å². The summed E-state index contributed by atoms with van der Waals surface area (Å²) in [5, 5.41) is 21.8. The highest BCUT2D eigenvalue weighted by Crippen LogP contribution is 2.27. The normalized spacial score (nSPS) is 11.0. The first-order valence-corrected chi connectivity index (χ1v) is 11.8. The standard InChI is InChI=1S/C23H24N4O6S/c24-34(31,32)20-10-11-21(22(14-20)27(29)30)25-13-12-23(28)26-15-17-6-8-18(9-7-17)16-33-19-4-2-1-3-5-19/h1-11,14,25H,12-13,15-16H2,(H,26,28)(H2,24,31,32). The Kier molecular flexibility index (Phi) is 8.17. The molecule has 11 heteroatoms. The lowest BCUT2D eigenvalue weighted by Crippen LogP contribution is -2.25. The van der Waals surface area contributed by atoms with E-state index in [4.69, 9.17) is 9.88 Å². The van der Waals surface area contributed by atoms with Gasteiger partial charge in [0, 0.05) is 25.6 Å². The van der Waals surface area contributed by atoms with Crippen LogP contribution in [0, 0.1) is 10.1 Å². The first kappa shape index (κ1) is 24.7. The van der Waals surface area contributed by atoms with Crippen LogP contribution in [0.25, 0.3) is 0 Å². The number of anilines is 1. The van der Waals surface area contributed by atoms with Gasteiger partial charge in [0.15, 0.2) is 0 Å². The molecular weight excluding hydrogens is 460 g/mol. The van der Waals surface area contributed by atoms with Crippen LogP contribution in [0.5, 0.6) is 5.75 Å². The summed E-state index contributed by atoms with van der Waals surface area (Å²) in [4.78, 5) is 22.3. The minimum Gasteiger partial charge on any atom is -0.489 e. The number of sulfonamides is 1. The Morgan fingerprint density at radius 2 is 1.68 bits per heavy atom. The third kappa shape index (κ3) is 7.29. The number of rotatable bonds is 11. The van der Waals surface area contributed by atoms with Gasteiger partial charge >= 0.3 is 0 Å². The summed E-state index contributed by atoms with van der Waals surface area (Å²) < 4.78 is 28.5. The van der Waals surface area contributed by atoms with Crippen LogP contribution in [0.4, 0.5) is 11.4 Å². The maximum absolute atomic E-state index is 12.1. The summed E-state index contributed by atoms with van der Waals surface area (Å²) in [6.07, 6.45) is 0.0666. The molecule has 0 saturated carbocycles. The number of hydrogen-bond acceptors (Lipinski definition) is 7. The van der Waals surface area contributed by atoms with Crippen molar-refractivity contribution in [1.29, 1.82) is 0 Å². The van der Waals surface area contributed by atoms with E-state index in [0.29, 0.717) is 13.2 Å². The number of nitrogens with zero attached hydrogens (tertiary/aromatic N) is 1. The molecular formula is C23H24N4O6S. The number of hydrogen-bond donors (Lipinski definition) is 3. The second-order valence-corrected chi connectivity index (χ2v) is 8.91. The van der Waals surface area contributed by atoms with E-state index in [0.717, 1.165) is 22.9 Å². The molecule has 4 N–H and O–H groups in total. The van der Waals surface area contributed by atoms with Crippen LogP contribution in [0.1, 0.15) is 17.5 Å². The summed E-state index contributed by atoms with van der Waals surface area (Å²) in [7, 11) is -4.07. The Balaban J connectivity index is 1.44. The molecule has 0 saturated heterocycles. The van der Waals surface area contributed by atoms with Gasteiger partial charge in [0.25, 0.3) is 5.69 Å². The zero-order valence-corrected chi connectivity index (χ0v) is 19.0. The molecule has 0 fully saturated rings. The topological polar surface area (TPSA) is 154 Å². The molecule has 0 aliphatic carbocycles. The molecule has 34 heavy (non-hydrogen) atoms. The Labute approximate surface area is 196 Å². The van der Waals surface area contributed by atoms with Crippen LogP contribution in [0.3, 0.4) is 0 Å². The van der Waals surface area contributed by atoms with Gasteiger partial charge in [0.2, 0.25) is 15.9 Å². The van der Waals surface area contributed by atoms with Crippen LogP contribution in [0.2, 0.25) is 0 Å². The third-order valence-electron chi connectivity index (χ3n) is 4.82. The Morgan fingerprint density at radius 1 is 1.00 bits per heavy atom. The average molecular weight is 485 g/mol. The average Bonchev–Trinajstić information content (AvgIpc) is 2.82. The van der Waals surface area contributed by atoms with E-state index in [1.54, 1.807) is 0 Å². The summed E-state index contributed by atoms with van der Waals surface area (Å²) in [5.41, 5.74) is 1.57. The van der Waals surface area contributed by atoms with Gasteiger partial charge in [-0.3, -0.25) is 14.9 Å². The Bertz CT molecular complexity index is 1250. The monoisotopic (exact) mass is 484 g/mol. The number of primary sulfonamides is 1. The first-order valence-electron chi connectivity index (χ1n) is 10.3. The molecule has 0 aliphatic rings. The van der Waals surface area contributed by atoms with Crippen molar-refractivity contribution >= 4 is 27.3 Å². The molecule has 0 aliphatic heterocycles. The molecule has 0 aromatic heterocycles. The lowest BCUT2D eigenvalue weighted by molar-refractivity contribution is -0.384. The fraction of sp³-hybridized carbons (Fsp3) is 0.174. The number of ether oxygens (including phenoxy) is 1. The van der Waals surface area contributed by atoms with Crippen molar-refractivity contribution in [3.63, 3.8) is 0 Å². The number of carbonyl (C=O) groups excluding carboxylic acids is 1. The van der Waals surface area contributed by atoms with E-state index in [1.807, 2.05) is 54.6 Å². The highest BCUT2D eigenvalue weighted by Gasteiger charge is 2.19. The van der Waals surface area contributed by atoms with Gasteiger partial charge in [-0.1, -0.05) is 42.5 Å². The molecule has 0 spiro atoms. The SMILES string of the molecule is NS(=O)(=O)c1ccc(NCCC(=O)NCc2ccc(COc3ccccc3)cc2)c([N+](=O)[O-])c1. The highest BCUT2D eigenvalue weighted by molar-refractivity contribution is 7.89. The fourth-order valence-corrected chi connectivity index (χ4v) is 3.56. The lowest BCUT2D eigenvalue weighted by Gasteiger charge is -2.10. The van der Waals surface area contributed by atoms with Crippen molar-refractivity contribution in [3.05, 3.63) is 94.0 Å². The number of amides is 1. The van der Waals surface area contributed by atoms with E-state index in [-0.39, 0.29) is 29.5 Å². The molecule has 3 aromatic carbocycles. The summed E-state index contributed by atoms with van der Waals surface area (Å²) in [5.74, 6) is 0.547. The second kappa shape index (κ2) is 11.3. The summed E-state index contributed by atoms with van der Waals surface area (Å²) in [6, 6.07) is 20.5. The molecule has 1 amide bonds. The summed E-state index contributed by atoms with van der Waals surface area (Å²) >= 11 is 0. The van der Waals surface area contributed by atoms with Gasteiger partial charge in [0.05, 0.1) is 9.82 Å². The largest absolute Gasteiger partial charge is 0.489 e. The Hall–Kier alpha value is -3.96. The number of nitro benzene ring substituents is 1. The minimum atomic E-state index is -4.07. The highest BCUT2D eigenvalue weighted by atomic mass is 32.2. The fourth-order valence-electron chi connectivity index (χ4n) is 3.03. The van der Waals surface area contributed by atoms with Crippen LogP contribution < -0.4 is 20.5 Å². The summed E-state index contributed by atoms with van der Waals surface area (Å²) in [6.45, 7) is 0.895. The third-order valence-corrected chi connectivity index (χ3v) is 5.73. The van der Waals surface area contributed by atoms with Gasteiger partial charge < -0.3 is 15.4 Å². The van der Waals surface area contributed by atoms with Gasteiger partial charge in [-0.05, 0) is 35.4 Å². The number of nitrogens with one attached hydrogen (secondary N) is 2. The maximum Gasteiger partial charge on any atom is 0.293 e. The van der Waals surface area contributed by atoms with E-state index in [9.17, 15) is 23.3 Å². The number of nitrogens with two attached hydrogens (primary N) is 1. The molecule has 0 radical (unpaired) electrons. The van der Waals surface area contributed by atoms with E-state index in [2.05, 4.69) is 10.6 Å². The van der Waals surface area contributed by atoms with Crippen molar-refractivity contribution in [2.75, 3.05) is 11.9 Å². The van der Waals surface area contributed by atoms with Crippen molar-refractivity contribution < 1.29 is 22.9 Å². The van der Waals surface area contributed by atoms with Gasteiger partial charge in [-0.25, -0.2) is 13.6 Å². The van der Waals surface area contributed by atoms with Crippen molar-refractivity contribution in [2.24, 2.45) is 5.14 Å². The molecule has 10 nitrogen and oxygen atoms in total. The van der Waals surface area contributed by atoms with Crippen molar-refractivity contribution in [1.82, 2.24) is 5.32 Å². The molecule has 3 aromatic rings. The van der Waals surface area contributed by atoms with Crippen molar-refractivity contribution in [3.8, 4) is 5.75 Å². The van der Waals surface area contributed by atoms with E-state index in [1.165, 1.54) is 12.1 Å². The lowest BCUT2D eigenvalue weighted by atomic mass is 10.1. The molecule has 0 atom stereocenters. The molecule has 3 rings (SSSR count). The second-order valence-electron chi connectivity index (χ2n) is 7.35. The zero-order chi connectivity index (χ0) is 24.6. The molecule has 0 heterocycles. The predicted octanol–water partition coefficient (Wildman–Crippen LogP) is 2.94. The zero-order valence-electron chi connectivity index (χ0n) is 18.1.